The normalized spacial score (nSPS) is 25.6. The van der Waals surface area contributed by atoms with E-state index in [4.69, 9.17) is 0 Å². The van der Waals surface area contributed by atoms with Gasteiger partial charge in [0.25, 0.3) is 5.91 Å². The van der Waals surface area contributed by atoms with Crippen LogP contribution in [0.2, 0.25) is 0 Å². The van der Waals surface area contributed by atoms with Crippen molar-refractivity contribution in [3.05, 3.63) is 47.8 Å². The van der Waals surface area contributed by atoms with Crippen LogP contribution in [0.5, 0.6) is 0 Å². The summed E-state index contributed by atoms with van der Waals surface area (Å²) < 4.78 is 1.97. The molecule has 2 amide bonds. The Balaban J connectivity index is 1.49. The first kappa shape index (κ1) is 20.5. The number of imidazole rings is 1. The maximum absolute atomic E-state index is 12.9. The Kier molecular flexibility index (Phi) is 5.60. The van der Waals surface area contributed by atoms with Gasteiger partial charge in [0.2, 0.25) is 5.91 Å². The van der Waals surface area contributed by atoms with Crippen LogP contribution in [0.3, 0.4) is 0 Å². The van der Waals surface area contributed by atoms with Gasteiger partial charge in [-0.2, -0.15) is 0 Å². The molecule has 2 aromatic heterocycles. The molecule has 0 aromatic carbocycles. The molecule has 1 N–H and O–H groups in total. The van der Waals surface area contributed by atoms with Crippen molar-refractivity contribution in [3.8, 4) is 0 Å². The van der Waals surface area contributed by atoms with Gasteiger partial charge in [-0.1, -0.05) is 6.92 Å². The van der Waals surface area contributed by atoms with Crippen LogP contribution in [0.1, 0.15) is 41.1 Å². The smallest absolute Gasteiger partial charge is 0.253 e. The number of hydrogen-bond acceptors (Lipinski definition) is 5. The highest BCUT2D eigenvalue weighted by atomic mass is 16.2. The van der Waals surface area contributed by atoms with E-state index in [1.807, 2.05) is 47.8 Å². The number of aryl methyl sites for hydroxylation is 1. The molecule has 0 radical (unpaired) electrons. The summed E-state index contributed by atoms with van der Waals surface area (Å²) in [6.45, 7) is 3.93. The first-order valence-electron chi connectivity index (χ1n) is 10.5. The Bertz CT molecular complexity index is 922. The first-order valence-corrected chi connectivity index (χ1v) is 10.5. The summed E-state index contributed by atoms with van der Waals surface area (Å²) in [4.78, 5) is 38.6. The zero-order valence-corrected chi connectivity index (χ0v) is 18.1. The number of amides is 2. The quantitative estimate of drug-likeness (QED) is 0.775. The van der Waals surface area contributed by atoms with E-state index >= 15 is 0 Å². The minimum atomic E-state index is -0.182. The number of aromatic nitrogens is 3. The SMILES string of the molecule is C[C@@H]1C[C@@H]1C(=O)N1C[C@@H](NC(=O)c2ccc(CN(C)C)nc2)[C@H](c2nccn2C)C1. The molecule has 160 valence electrons. The minimum Gasteiger partial charge on any atom is -0.347 e. The fraction of sp³-hybridized carbons (Fsp3) is 0.545. The van der Waals surface area contributed by atoms with Crippen molar-refractivity contribution in [2.24, 2.45) is 18.9 Å². The van der Waals surface area contributed by atoms with Crippen molar-refractivity contribution in [2.45, 2.75) is 31.8 Å². The summed E-state index contributed by atoms with van der Waals surface area (Å²) in [5, 5.41) is 3.14. The third-order valence-corrected chi connectivity index (χ3v) is 6.13. The zero-order valence-electron chi connectivity index (χ0n) is 18.1. The van der Waals surface area contributed by atoms with Gasteiger partial charge in [0.15, 0.2) is 0 Å². The van der Waals surface area contributed by atoms with E-state index in [1.165, 1.54) is 0 Å². The largest absolute Gasteiger partial charge is 0.347 e. The first-order chi connectivity index (χ1) is 14.3. The topological polar surface area (TPSA) is 83.4 Å². The van der Waals surface area contributed by atoms with Crippen LogP contribution in [0.25, 0.3) is 0 Å². The predicted octanol–water partition coefficient (Wildman–Crippen LogP) is 1.26. The summed E-state index contributed by atoms with van der Waals surface area (Å²) >= 11 is 0. The average molecular weight is 411 g/mol. The molecule has 1 aliphatic heterocycles. The molecule has 1 aliphatic carbocycles. The van der Waals surface area contributed by atoms with Crippen LogP contribution >= 0.6 is 0 Å². The highest BCUT2D eigenvalue weighted by Crippen LogP contribution is 2.40. The van der Waals surface area contributed by atoms with E-state index in [0.717, 1.165) is 24.5 Å². The molecule has 30 heavy (non-hydrogen) atoms. The standard InChI is InChI=1S/C22H30N6O2/c1-14-9-17(14)22(30)28-12-18(20-23-7-8-27(20)4)19(13-28)25-21(29)15-5-6-16(24-10-15)11-26(2)3/h5-8,10,14,17-19H,9,11-13H2,1-4H3,(H,25,29)/t14-,17+,18-,19-/m1/s1. The molecular weight excluding hydrogens is 380 g/mol. The van der Waals surface area contributed by atoms with Gasteiger partial charge in [-0.3, -0.25) is 14.6 Å². The Morgan fingerprint density at radius 3 is 2.57 bits per heavy atom. The third-order valence-electron chi connectivity index (χ3n) is 6.13. The van der Waals surface area contributed by atoms with Gasteiger partial charge in [-0.05, 0) is 38.6 Å². The predicted molar refractivity (Wildman–Crippen MR) is 113 cm³/mol. The van der Waals surface area contributed by atoms with Crippen molar-refractivity contribution in [3.63, 3.8) is 0 Å². The van der Waals surface area contributed by atoms with Crippen molar-refractivity contribution in [1.29, 1.82) is 0 Å². The number of likely N-dealkylation sites (tertiary alicyclic amines) is 1. The molecule has 0 unspecified atom stereocenters. The number of nitrogens with zero attached hydrogens (tertiary/aromatic N) is 5. The maximum Gasteiger partial charge on any atom is 0.253 e. The number of carbonyl (C=O) groups is 2. The van der Waals surface area contributed by atoms with Gasteiger partial charge in [-0.15, -0.1) is 0 Å². The van der Waals surface area contributed by atoms with Crippen LogP contribution in [-0.2, 0) is 18.4 Å². The number of carbonyl (C=O) groups excluding carboxylic acids is 2. The summed E-state index contributed by atoms with van der Waals surface area (Å²) in [7, 11) is 5.91. The van der Waals surface area contributed by atoms with Crippen LogP contribution in [-0.4, -0.2) is 69.4 Å². The van der Waals surface area contributed by atoms with Crippen LogP contribution in [0.4, 0.5) is 0 Å². The Labute approximate surface area is 177 Å². The van der Waals surface area contributed by atoms with Crippen molar-refractivity contribution < 1.29 is 9.59 Å². The summed E-state index contributed by atoms with van der Waals surface area (Å²) in [5.41, 5.74) is 1.44. The lowest BCUT2D eigenvalue weighted by Gasteiger charge is -2.19. The van der Waals surface area contributed by atoms with E-state index in [-0.39, 0.29) is 29.7 Å². The van der Waals surface area contributed by atoms with Crippen LogP contribution in [0.15, 0.2) is 30.7 Å². The highest BCUT2D eigenvalue weighted by Gasteiger charge is 2.46. The van der Waals surface area contributed by atoms with E-state index < -0.39 is 0 Å². The molecule has 8 heteroatoms. The number of hydrogen-bond donors (Lipinski definition) is 1. The Morgan fingerprint density at radius 2 is 2.00 bits per heavy atom. The molecule has 3 heterocycles. The second-order valence-corrected chi connectivity index (χ2v) is 8.92. The maximum atomic E-state index is 12.9. The fourth-order valence-corrected chi connectivity index (χ4v) is 4.25. The van der Waals surface area contributed by atoms with Gasteiger partial charge in [-0.25, -0.2) is 4.98 Å². The van der Waals surface area contributed by atoms with Crippen LogP contribution in [0, 0.1) is 11.8 Å². The van der Waals surface area contributed by atoms with E-state index in [1.54, 1.807) is 18.5 Å². The van der Waals surface area contributed by atoms with Gasteiger partial charge in [0.1, 0.15) is 5.82 Å². The van der Waals surface area contributed by atoms with Crippen LogP contribution < -0.4 is 5.32 Å². The number of pyridine rings is 1. The lowest BCUT2D eigenvalue weighted by Crippen LogP contribution is -2.41. The summed E-state index contributed by atoms with van der Waals surface area (Å²) in [6.07, 6.45) is 6.24. The van der Waals surface area contributed by atoms with E-state index in [2.05, 4.69) is 22.2 Å². The van der Waals surface area contributed by atoms with E-state index in [9.17, 15) is 9.59 Å². The summed E-state index contributed by atoms with van der Waals surface area (Å²) in [6, 6.07) is 3.50. The van der Waals surface area contributed by atoms with Crippen molar-refractivity contribution >= 4 is 11.8 Å². The number of rotatable bonds is 6. The molecule has 2 aromatic rings. The second kappa shape index (κ2) is 8.18. The van der Waals surface area contributed by atoms with Gasteiger partial charge >= 0.3 is 0 Å². The van der Waals surface area contributed by atoms with Gasteiger partial charge < -0.3 is 19.7 Å². The molecule has 0 spiro atoms. The fourth-order valence-electron chi connectivity index (χ4n) is 4.25. The molecule has 2 aliphatic rings. The van der Waals surface area contributed by atoms with E-state index in [0.29, 0.717) is 24.6 Å². The second-order valence-electron chi connectivity index (χ2n) is 8.92. The highest BCUT2D eigenvalue weighted by molar-refractivity contribution is 5.94. The Hall–Kier alpha value is -2.74. The number of nitrogens with one attached hydrogen (secondary N) is 1. The molecule has 2 fully saturated rings. The molecular formula is C22H30N6O2. The monoisotopic (exact) mass is 410 g/mol. The summed E-state index contributed by atoms with van der Waals surface area (Å²) in [5.74, 6) is 1.48. The molecule has 4 rings (SSSR count). The van der Waals surface area contributed by atoms with Crippen molar-refractivity contribution in [1.82, 2.24) is 29.7 Å². The zero-order chi connectivity index (χ0) is 21.4. The van der Waals surface area contributed by atoms with Gasteiger partial charge in [0.05, 0.1) is 23.2 Å². The Morgan fingerprint density at radius 1 is 1.23 bits per heavy atom. The lowest BCUT2D eigenvalue weighted by atomic mass is 10.0. The molecule has 8 nitrogen and oxygen atoms in total. The van der Waals surface area contributed by atoms with Crippen molar-refractivity contribution in [2.75, 3.05) is 27.2 Å². The minimum absolute atomic E-state index is 0.0343. The van der Waals surface area contributed by atoms with Gasteiger partial charge in [0, 0.05) is 51.2 Å². The lowest BCUT2D eigenvalue weighted by molar-refractivity contribution is -0.131. The average Bonchev–Trinajstić information content (AvgIpc) is 3.08. The third kappa shape index (κ3) is 4.23. The molecule has 1 saturated carbocycles. The molecule has 1 saturated heterocycles. The molecule has 0 bridgehead atoms. The molecule has 4 atom stereocenters.